The van der Waals surface area contributed by atoms with Crippen LogP contribution in [-0.2, 0) is 14.4 Å². The summed E-state index contributed by atoms with van der Waals surface area (Å²) in [6.45, 7) is 0.146. The van der Waals surface area contributed by atoms with Crippen molar-refractivity contribution in [1.82, 2.24) is 0 Å². The molecule has 9 nitrogen and oxygen atoms in total. The molecular weight excluding hydrogens is 911 g/mol. The molecule has 0 saturated heterocycles. The first-order chi connectivity index (χ1) is 28.8. The van der Waals surface area contributed by atoms with Crippen LogP contribution in [0.25, 0.3) is 0 Å². The van der Waals surface area contributed by atoms with Crippen LogP contribution in [-0.4, -0.2) is 54.6 Å². The van der Waals surface area contributed by atoms with E-state index in [2.05, 4.69) is 15.6 Å². The van der Waals surface area contributed by atoms with Crippen LogP contribution in [0.2, 0.25) is 20.1 Å². The summed E-state index contributed by atoms with van der Waals surface area (Å²) in [4.78, 5) is 52.8. The highest BCUT2D eigenvalue weighted by atomic mass is 35.5. The molecule has 4 N–H and O–H groups in total. The van der Waals surface area contributed by atoms with Crippen molar-refractivity contribution < 1.29 is 19.2 Å². The summed E-state index contributed by atoms with van der Waals surface area (Å²) in [6.07, 6.45) is 0. The molecule has 0 fully saturated rings. The summed E-state index contributed by atoms with van der Waals surface area (Å²) in [5.41, 5.74) is 11.6. The summed E-state index contributed by atoms with van der Waals surface area (Å²) in [5, 5.41) is 7.59. The van der Waals surface area contributed by atoms with Gasteiger partial charge in [-0.2, -0.15) is 0 Å². The zero-order valence-corrected chi connectivity index (χ0v) is 36.4. The molecule has 0 aliphatic carbocycles. The molecule has 0 aromatic heterocycles. The molecule has 3 amide bonds. The van der Waals surface area contributed by atoms with Crippen LogP contribution in [0.15, 0.2) is 151 Å². The highest BCUT2D eigenvalue weighted by Gasteiger charge is 2.22. The number of rotatable bonds is 7. The van der Waals surface area contributed by atoms with Crippen molar-refractivity contribution in [1.29, 1.82) is 0 Å². The van der Waals surface area contributed by atoms with E-state index in [4.69, 9.17) is 75.3 Å². The van der Waals surface area contributed by atoms with Gasteiger partial charge in [0.1, 0.15) is 18.3 Å². The SMILES string of the molecule is CN1C(=O)CN=C(c2ccccc2)[13c]2[13cH][13c](Cl)[13cH][13cH][13c]21.N[13c]1[13cH][13cH][13c](Cl)[13cH][13cH]1.O=C(CCl)N[13c]1[13cH][13cH][13c](Cl)[13cH][13cH]1.O=C(CCl)N[13c]1[13cH][13cH][13c](Cl)[13cH][13c]1C(=O)c1ccccc1. The number of carbonyl (C=O) groups excluding carboxylic acids is 4. The third-order valence-electron chi connectivity index (χ3n) is 8.15. The Morgan fingerprint density at radius 1 is 0.650 bits per heavy atom. The number of nitrogens with zero attached hydrogens (tertiary/aromatic N) is 2. The van der Waals surface area contributed by atoms with Gasteiger partial charge >= 0.3 is 0 Å². The van der Waals surface area contributed by atoms with Crippen LogP contribution in [0.5, 0.6) is 0 Å². The third kappa shape index (κ3) is 14.7. The van der Waals surface area contributed by atoms with Crippen molar-refractivity contribution in [3.8, 4) is 0 Å². The number of nitrogens with two attached hydrogens (primary N) is 1. The number of fused-ring (bicyclic) bond motifs is 1. The summed E-state index contributed by atoms with van der Waals surface area (Å²) in [7, 11) is 1.76. The number of hydrogen-bond donors (Lipinski definition) is 3. The second kappa shape index (κ2) is 24.0. The van der Waals surface area contributed by atoms with Crippen molar-refractivity contribution >= 4 is 122 Å². The first-order valence-electron chi connectivity index (χ1n) is 17.8. The minimum Gasteiger partial charge on any atom is -0.399 e. The summed E-state index contributed by atoms with van der Waals surface area (Å²) in [6, 6.07) is 42.7. The molecular formula is C45H37Cl6N5O4. The van der Waals surface area contributed by atoms with Gasteiger partial charge in [0.2, 0.25) is 17.7 Å². The van der Waals surface area contributed by atoms with Gasteiger partial charge < -0.3 is 21.3 Å². The summed E-state index contributed by atoms with van der Waals surface area (Å²) >= 11 is 34.0. The van der Waals surface area contributed by atoms with Crippen molar-refractivity contribution in [2.24, 2.45) is 4.99 Å². The Balaban J connectivity index is 0.000000186. The number of benzodiazepines with no additional fused rings is 1. The molecule has 0 bridgehead atoms. The molecule has 7 rings (SSSR count). The standard InChI is InChI=1S/C16H13ClN2O.C15H11Cl2NO2.C8H7Cl2NO.C6H6ClN/c1-19-14-8-7-12(17)9-13(14)16(18-10-15(19)20)11-5-3-2-4-6-11;16-9-14(19)18-13-7-6-11(17)8-12(13)15(20)10-4-2-1-3-5-10;9-5-8(12)11-7-3-1-6(10)2-4-7;7-5-1-3-6(8)4-2-5/h2-9H,10H2,1H3;1-8H,9H2,(H,18,19);1-4H,5H2,(H,11,12);1-4H,8H2/i7+1,8+1,9+1,12+1,13+1,14+1;6+1,7+1,8+1,11+1,12+1,13+1;1+1,2+1,3+1,4+1,6+1,7+1;1+1,2+1,3+1,4+1,5+1,6+1. The van der Waals surface area contributed by atoms with Gasteiger partial charge in [-0.15, -0.1) is 23.2 Å². The molecule has 15 heteroatoms. The van der Waals surface area contributed by atoms with E-state index in [9.17, 15) is 19.2 Å². The van der Waals surface area contributed by atoms with Gasteiger partial charge in [-0.3, -0.25) is 24.2 Å². The highest BCUT2D eigenvalue weighted by Crippen LogP contribution is 2.29. The van der Waals surface area contributed by atoms with Gasteiger partial charge in [-0.25, -0.2) is 0 Å². The second-order valence-corrected chi connectivity index (χ2v) is 14.7. The van der Waals surface area contributed by atoms with Crippen LogP contribution < -0.4 is 21.3 Å². The Morgan fingerprint density at radius 2 is 1.17 bits per heavy atom. The number of carbonyl (C=O) groups is 4. The molecule has 6 aromatic carbocycles. The largest absolute Gasteiger partial charge is 0.399 e. The summed E-state index contributed by atoms with van der Waals surface area (Å²) < 4.78 is 0. The Hall–Kier alpha value is -5.39. The first-order valence-corrected chi connectivity index (χ1v) is 20.4. The minimum absolute atomic E-state index is 0.0282. The number of nitrogen functional groups attached to an aromatic ring is 1. The molecule has 308 valence electrons. The summed E-state index contributed by atoms with van der Waals surface area (Å²) in [5.74, 6) is -1.06. The van der Waals surface area contributed by atoms with E-state index in [0.29, 0.717) is 37.6 Å². The average Bonchev–Trinajstić information content (AvgIpc) is 3.38. The lowest BCUT2D eigenvalue weighted by molar-refractivity contribution is -0.117. The second-order valence-electron chi connectivity index (χ2n) is 12.5. The first kappa shape index (κ1) is 47.3. The molecule has 0 radical (unpaired) electrons. The quantitative estimate of drug-likeness (QED) is 0.0832. The minimum atomic E-state index is -0.379. The average molecular weight is 948 g/mol. The lowest BCUT2D eigenvalue weighted by atomic mass is 10.2. The molecule has 0 spiro atoms. The number of amides is 3. The van der Waals surface area contributed by atoms with Gasteiger partial charge in [0, 0.05) is 60.8 Å². The zero-order valence-electron chi connectivity index (χ0n) is 31.9. The van der Waals surface area contributed by atoms with Gasteiger partial charge in [-0.1, -0.05) is 107 Å². The lowest BCUT2D eigenvalue weighted by Gasteiger charge is -2.18. The fourth-order valence-electron chi connectivity index (χ4n) is 5.24. The maximum Gasteiger partial charge on any atom is 0.248 e. The topological polar surface area (TPSA) is 134 Å². The lowest BCUT2D eigenvalue weighted by Crippen LogP contribution is -2.27. The number of hydrogen-bond acceptors (Lipinski definition) is 6. The van der Waals surface area contributed by atoms with Crippen LogP contribution >= 0.6 is 69.6 Å². The predicted molar refractivity (Wildman–Crippen MR) is 249 cm³/mol. The smallest absolute Gasteiger partial charge is 0.248 e. The number of halogens is 6. The number of ketones is 1. The Morgan fingerprint density at radius 3 is 1.75 bits per heavy atom. The Bertz CT molecular complexity index is 2400. The Kier molecular flexibility index (Phi) is 18.9. The van der Waals surface area contributed by atoms with Gasteiger partial charge in [0.25, 0.3) is 0 Å². The molecule has 1 heterocycles. The number of anilines is 4. The fraction of sp³-hybridized carbons (Fsp3) is 0.0889. The molecule has 60 heavy (non-hydrogen) atoms. The monoisotopic (exact) mass is 945 g/mol. The number of likely N-dealkylation sites (N-methyl/N-ethyl adjacent to an activating group) is 1. The van der Waals surface area contributed by atoms with Crippen molar-refractivity contribution in [2.45, 2.75) is 0 Å². The maximum absolute atomic E-state index is 12.4. The van der Waals surface area contributed by atoms with Gasteiger partial charge in [-0.05, 0) is 84.9 Å². The van der Waals surface area contributed by atoms with Crippen LogP contribution in [0, 0.1) is 0 Å². The molecule has 0 atom stereocenters. The molecule has 1 aliphatic heterocycles. The normalized spacial score (nSPS) is 11.3. The van der Waals surface area contributed by atoms with E-state index in [-0.39, 0.29) is 41.8 Å². The number of aliphatic imine (C=N–C) groups is 1. The van der Waals surface area contributed by atoms with E-state index < -0.39 is 0 Å². The van der Waals surface area contributed by atoms with Gasteiger partial charge in [0.15, 0.2) is 5.78 Å². The van der Waals surface area contributed by atoms with E-state index in [1.807, 2.05) is 48.5 Å². The van der Waals surface area contributed by atoms with E-state index in [0.717, 1.165) is 33.2 Å². The fourth-order valence-corrected chi connectivity index (χ4v) is 5.97. The van der Waals surface area contributed by atoms with E-state index in [1.165, 1.54) is 6.07 Å². The van der Waals surface area contributed by atoms with E-state index in [1.54, 1.807) is 103 Å². The number of benzene rings is 6. The molecule has 0 saturated carbocycles. The molecule has 1 aliphatic rings. The van der Waals surface area contributed by atoms with Crippen LogP contribution in [0.4, 0.5) is 22.7 Å². The van der Waals surface area contributed by atoms with Crippen molar-refractivity contribution in [3.63, 3.8) is 0 Å². The maximum atomic E-state index is 12.4. The van der Waals surface area contributed by atoms with Gasteiger partial charge in [0.05, 0.1) is 17.1 Å². The third-order valence-corrected chi connectivity index (χ3v) is 9.61. The predicted octanol–water partition coefficient (Wildman–Crippen LogP) is 11.3. The zero-order chi connectivity index (χ0) is 43.6. The Labute approximate surface area is 378 Å². The van der Waals surface area contributed by atoms with E-state index >= 15 is 0 Å². The number of alkyl halides is 2. The molecule has 0 unspecified atom stereocenters. The van der Waals surface area contributed by atoms with Crippen LogP contribution in [0.1, 0.15) is 27.0 Å². The van der Waals surface area contributed by atoms with Crippen molar-refractivity contribution in [3.05, 3.63) is 188 Å². The number of nitrogens with one attached hydrogen (secondary N) is 2. The highest BCUT2D eigenvalue weighted by molar-refractivity contribution is 6.33. The van der Waals surface area contributed by atoms with Crippen molar-refractivity contribution in [2.75, 3.05) is 46.6 Å². The molecule has 6 aromatic rings. The van der Waals surface area contributed by atoms with Crippen LogP contribution in [0.3, 0.4) is 0 Å².